The van der Waals surface area contributed by atoms with Crippen molar-refractivity contribution in [1.29, 1.82) is 0 Å². The zero-order chi connectivity index (χ0) is 15.6. The maximum Gasteiger partial charge on any atom is 0.0962 e. The van der Waals surface area contributed by atoms with Crippen LogP contribution in [0.1, 0.15) is 94.6 Å². The normalized spacial score (nSPS) is 19.6. The van der Waals surface area contributed by atoms with Crippen molar-refractivity contribution in [2.24, 2.45) is 5.41 Å². The van der Waals surface area contributed by atoms with Crippen molar-refractivity contribution in [1.82, 2.24) is 10.3 Å². The zero-order valence-electron chi connectivity index (χ0n) is 14.6. The molecule has 0 unspecified atom stereocenters. The Morgan fingerprint density at radius 1 is 1.19 bits per heavy atom. The average Bonchev–Trinajstić information content (AvgIpc) is 2.80. The molecule has 0 aromatic carbocycles. The molecule has 1 aliphatic carbocycles. The molecule has 1 heterocycles. The first-order valence-corrected chi connectivity index (χ1v) is 9.33. The predicted octanol–water partition coefficient (Wildman–Crippen LogP) is 5.45. The molecule has 1 saturated carbocycles. The fourth-order valence-electron chi connectivity index (χ4n) is 3.08. The van der Waals surface area contributed by atoms with E-state index in [1.165, 1.54) is 41.3 Å². The topological polar surface area (TPSA) is 24.9 Å². The van der Waals surface area contributed by atoms with Gasteiger partial charge >= 0.3 is 0 Å². The van der Waals surface area contributed by atoms with Crippen LogP contribution in [0.2, 0.25) is 0 Å². The minimum absolute atomic E-state index is 0.527. The van der Waals surface area contributed by atoms with Crippen LogP contribution in [-0.4, -0.2) is 11.0 Å². The van der Waals surface area contributed by atoms with E-state index in [1.54, 1.807) is 0 Å². The minimum Gasteiger partial charge on any atom is -0.310 e. The van der Waals surface area contributed by atoms with Crippen molar-refractivity contribution in [2.75, 3.05) is 0 Å². The summed E-state index contributed by atoms with van der Waals surface area (Å²) in [7, 11) is 0. The van der Waals surface area contributed by atoms with Crippen LogP contribution in [0, 0.1) is 5.41 Å². The van der Waals surface area contributed by atoms with Crippen LogP contribution < -0.4 is 5.32 Å². The van der Waals surface area contributed by atoms with Gasteiger partial charge < -0.3 is 5.32 Å². The smallest absolute Gasteiger partial charge is 0.0962 e. The van der Waals surface area contributed by atoms with Crippen LogP contribution in [0.4, 0.5) is 0 Å². The highest BCUT2D eigenvalue weighted by molar-refractivity contribution is 7.11. The Labute approximate surface area is 134 Å². The van der Waals surface area contributed by atoms with Gasteiger partial charge in [-0.1, -0.05) is 41.5 Å². The number of hydrogen-bond donors (Lipinski definition) is 1. The molecular weight excluding hydrogens is 276 g/mol. The van der Waals surface area contributed by atoms with Gasteiger partial charge in [0.2, 0.25) is 0 Å². The van der Waals surface area contributed by atoms with Crippen LogP contribution in [0.25, 0.3) is 0 Å². The Balaban J connectivity index is 2.12. The number of nitrogens with zero attached hydrogens (tertiary/aromatic N) is 1. The molecule has 0 spiro atoms. The Bertz CT molecular complexity index is 450. The third-order valence-electron chi connectivity index (χ3n) is 4.65. The summed E-state index contributed by atoms with van der Waals surface area (Å²) >= 11 is 1.96. The number of aromatic nitrogens is 1. The molecule has 120 valence electrons. The van der Waals surface area contributed by atoms with Crippen molar-refractivity contribution >= 4 is 11.3 Å². The lowest BCUT2D eigenvalue weighted by molar-refractivity contribution is 0.224. The molecular formula is C18H32N2S. The lowest BCUT2D eigenvalue weighted by Gasteiger charge is -2.33. The van der Waals surface area contributed by atoms with Crippen LogP contribution in [-0.2, 0) is 6.54 Å². The molecule has 0 bridgehead atoms. The van der Waals surface area contributed by atoms with Crippen LogP contribution >= 0.6 is 11.3 Å². The Kier molecular flexibility index (Phi) is 5.48. The first-order chi connectivity index (χ1) is 9.78. The van der Waals surface area contributed by atoms with Gasteiger partial charge in [-0.25, -0.2) is 4.98 Å². The van der Waals surface area contributed by atoms with Gasteiger partial charge in [0.15, 0.2) is 0 Å². The van der Waals surface area contributed by atoms with E-state index in [0.717, 1.165) is 6.54 Å². The Morgan fingerprint density at radius 2 is 1.81 bits per heavy atom. The van der Waals surface area contributed by atoms with Crippen molar-refractivity contribution in [3.63, 3.8) is 0 Å². The van der Waals surface area contributed by atoms with Crippen LogP contribution in [0.5, 0.6) is 0 Å². The fraction of sp³-hybridized carbons (Fsp3) is 0.833. The summed E-state index contributed by atoms with van der Waals surface area (Å²) in [5, 5.41) is 4.95. The van der Waals surface area contributed by atoms with E-state index >= 15 is 0 Å². The summed E-state index contributed by atoms with van der Waals surface area (Å²) < 4.78 is 0. The number of hydrogen-bond acceptors (Lipinski definition) is 3. The van der Waals surface area contributed by atoms with Crippen molar-refractivity contribution in [3.8, 4) is 0 Å². The Hall–Kier alpha value is -0.410. The maximum absolute atomic E-state index is 5.04. The predicted molar refractivity (Wildman–Crippen MR) is 93.2 cm³/mol. The second-order valence-electron chi connectivity index (χ2n) is 7.99. The van der Waals surface area contributed by atoms with E-state index in [4.69, 9.17) is 4.98 Å². The number of rotatable bonds is 5. The highest BCUT2D eigenvalue weighted by atomic mass is 32.1. The largest absolute Gasteiger partial charge is 0.310 e. The molecule has 2 nitrogen and oxygen atoms in total. The van der Waals surface area contributed by atoms with Gasteiger partial charge in [0.25, 0.3) is 0 Å². The minimum atomic E-state index is 0.527. The van der Waals surface area contributed by atoms with Crippen molar-refractivity contribution in [2.45, 2.75) is 91.6 Å². The zero-order valence-corrected chi connectivity index (χ0v) is 15.4. The molecule has 1 N–H and O–H groups in total. The molecule has 0 radical (unpaired) electrons. The summed E-state index contributed by atoms with van der Waals surface area (Å²) in [5.74, 6) is 1.23. The molecule has 2 rings (SSSR count). The molecule has 3 heteroatoms. The second kappa shape index (κ2) is 6.78. The summed E-state index contributed by atoms with van der Waals surface area (Å²) in [4.78, 5) is 6.49. The van der Waals surface area contributed by atoms with E-state index in [-0.39, 0.29) is 0 Å². The summed E-state index contributed by atoms with van der Waals surface area (Å²) in [6.45, 7) is 14.7. The van der Waals surface area contributed by atoms with E-state index in [9.17, 15) is 0 Å². The number of nitrogens with one attached hydrogen (secondary N) is 1. The summed E-state index contributed by atoms with van der Waals surface area (Å²) in [6.07, 6.45) is 5.31. The molecule has 1 aromatic heterocycles. The standard InChI is InChI=1S/C18H32N2S/c1-12(2)16-15(11-19-13(3)4)21-17(20-16)14-7-9-18(5,6)10-8-14/h12-14,19H,7-11H2,1-6H3. The molecule has 0 saturated heterocycles. The SMILES string of the molecule is CC(C)NCc1sc(C2CCC(C)(C)CC2)nc1C(C)C. The van der Waals surface area contributed by atoms with Gasteiger partial charge in [-0.3, -0.25) is 0 Å². The summed E-state index contributed by atoms with van der Waals surface area (Å²) in [5.41, 5.74) is 1.87. The molecule has 0 aliphatic heterocycles. The highest BCUT2D eigenvalue weighted by Gasteiger charge is 2.30. The highest BCUT2D eigenvalue weighted by Crippen LogP contribution is 2.44. The second-order valence-corrected chi connectivity index (χ2v) is 9.10. The molecule has 0 amide bonds. The van der Waals surface area contributed by atoms with Gasteiger partial charge in [-0.15, -0.1) is 11.3 Å². The van der Waals surface area contributed by atoms with Gasteiger partial charge in [0.05, 0.1) is 10.7 Å². The van der Waals surface area contributed by atoms with Crippen LogP contribution in [0.3, 0.4) is 0 Å². The first-order valence-electron chi connectivity index (χ1n) is 8.51. The third kappa shape index (κ3) is 4.53. The number of thiazole rings is 1. The lowest BCUT2D eigenvalue weighted by atomic mass is 9.73. The molecule has 1 aromatic rings. The van der Waals surface area contributed by atoms with Crippen molar-refractivity contribution < 1.29 is 0 Å². The fourth-order valence-corrected chi connectivity index (χ4v) is 4.42. The van der Waals surface area contributed by atoms with E-state index in [1.807, 2.05) is 11.3 Å². The third-order valence-corrected chi connectivity index (χ3v) is 5.88. The molecule has 1 aliphatic rings. The van der Waals surface area contributed by atoms with Crippen LogP contribution in [0.15, 0.2) is 0 Å². The van der Waals surface area contributed by atoms with E-state index in [0.29, 0.717) is 23.3 Å². The van der Waals surface area contributed by atoms with E-state index in [2.05, 4.69) is 46.9 Å². The first kappa shape index (κ1) is 17.0. The van der Waals surface area contributed by atoms with E-state index < -0.39 is 0 Å². The van der Waals surface area contributed by atoms with Gasteiger partial charge in [-0.2, -0.15) is 0 Å². The summed E-state index contributed by atoms with van der Waals surface area (Å²) in [6, 6.07) is 0.533. The van der Waals surface area contributed by atoms with Gasteiger partial charge in [-0.05, 0) is 37.0 Å². The molecule has 1 fully saturated rings. The average molecular weight is 309 g/mol. The maximum atomic E-state index is 5.04. The molecule has 0 atom stereocenters. The van der Waals surface area contributed by atoms with Gasteiger partial charge in [0, 0.05) is 23.4 Å². The Morgan fingerprint density at radius 3 is 2.33 bits per heavy atom. The molecule has 21 heavy (non-hydrogen) atoms. The lowest BCUT2D eigenvalue weighted by Crippen LogP contribution is -2.22. The monoisotopic (exact) mass is 308 g/mol. The quantitative estimate of drug-likeness (QED) is 0.782. The van der Waals surface area contributed by atoms with Gasteiger partial charge in [0.1, 0.15) is 0 Å². The van der Waals surface area contributed by atoms with Crippen molar-refractivity contribution in [3.05, 3.63) is 15.6 Å².